The highest BCUT2D eigenvalue weighted by Crippen LogP contribution is 2.18. The number of aryl methyl sites for hydroxylation is 1. The minimum absolute atomic E-state index is 0.0196. The van der Waals surface area contributed by atoms with Gasteiger partial charge in [-0.15, -0.1) is 0 Å². The summed E-state index contributed by atoms with van der Waals surface area (Å²) < 4.78 is 31.9. The van der Waals surface area contributed by atoms with E-state index in [9.17, 15) is 18.4 Å². The molecule has 1 atom stereocenters. The van der Waals surface area contributed by atoms with Crippen LogP contribution < -0.4 is 10.6 Å². The minimum atomic E-state index is -0.898. The van der Waals surface area contributed by atoms with Crippen LogP contribution in [-0.4, -0.2) is 46.1 Å². The number of urea groups is 1. The molecule has 0 aliphatic carbocycles. The molecule has 0 spiro atoms. The highest BCUT2D eigenvalue weighted by molar-refractivity contribution is 5.94. The van der Waals surface area contributed by atoms with Crippen molar-refractivity contribution in [1.29, 1.82) is 0 Å². The van der Waals surface area contributed by atoms with Crippen molar-refractivity contribution in [3.05, 3.63) is 41.5 Å². The molecular weight excluding hydrogens is 336 g/mol. The van der Waals surface area contributed by atoms with Crippen LogP contribution in [0.2, 0.25) is 0 Å². The third-order valence-electron chi connectivity index (χ3n) is 3.70. The van der Waals surface area contributed by atoms with Gasteiger partial charge in [0.05, 0.1) is 12.1 Å². The number of nitrogens with zero attached hydrogens (tertiary/aromatic N) is 3. The number of hydrogen-bond acceptors (Lipinski definition) is 5. The summed E-state index contributed by atoms with van der Waals surface area (Å²) in [6.45, 7) is 2.08. The maximum Gasteiger partial charge on any atom is 0.322 e. The SMILES string of the molecule is Cc1noc(CC2C(=O)NCCN2C(=O)Nc2cc(F)ccc2F)n1. The second-order valence-electron chi connectivity index (χ2n) is 5.49. The smallest absolute Gasteiger partial charge is 0.322 e. The monoisotopic (exact) mass is 351 g/mol. The van der Waals surface area contributed by atoms with Crippen molar-refractivity contribution in [2.45, 2.75) is 19.4 Å². The number of benzene rings is 1. The molecule has 0 bridgehead atoms. The number of amides is 3. The molecule has 0 radical (unpaired) electrons. The van der Waals surface area contributed by atoms with E-state index in [4.69, 9.17) is 4.52 Å². The van der Waals surface area contributed by atoms with Crippen molar-refractivity contribution < 1.29 is 22.9 Å². The van der Waals surface area contributed by atoms with Crippen molar-refractivity contribution in [2.75, 3.05) is 18.4 Å². The molecule has 1 aliphatic rings. The van der Waals surface area contributed by atoms with Crippen LogP contribution in [0, 0.1) is 18.6 Å². The molecule has 0 saturated carbocycles. The standard InChI is InChI=1S/C15H15F2N5O3/c1-8-19-13(25-21-8)7-12-14(23)18-4-5-22(12)15(24)20-11-6-9(16)2-3-10(11)17/h2-3,6,12H,4-5,7H2,1H3,(H,18,23)(H,20,24). The van der Waals surface area contributed by atoms with E-state index in [-0.39, 0.29) is 31.1 Å². The van der Waals surface area contributed by atoms with E-state index in [0.29, 0.717) is 5.82 Å². The third-order valence-corrected chi connectivity index (χ3v) is 3.70. The Morgan fingerprint density at radius 2 is 2.28 bits per heavy atom. The van der Waals surface area contributed by atoms with Gasteiger partial charge in [0.2, 0.25) is 11.8 Å². The van der Waals surface area contributed by atoms with Gasteiger partial charge in [-0.3, -0.25) is 4.79 Å². The van der Waals surface area contributed by atoms with E-state index < -0.39 is 29.6 Å². The van der Waals surface area contributed by atoms with Crippen LogP contribution in [0.4, 0.5) is 19.3 Å². The van der Waals surface area contributed by atoms with Crippen molar-refractivity contribution in [1.82, 2.24) is 20.4 Å². The molecule has 25 heavy (non-hydrogen) atoms. The molecule has 2 N–H and O–H groups in total. The summed E-state index contributed by atoms with van der Waals surface area (Å²) >= 11 is 0. The Hall–Kier alpha value is -3.04. The van der Waals surface area contributed by atoms with E-state index in [2.05, 4.69) is 20.8 Å². The number of aromatic nitrogens is 2. The van der Waals surface area contributed by atoms with E-state index in [1.165, 1.54) is 4.90 Å². The fraction of sp³-hybridized carbons (Fsp3) is 0.333. The number of anilines is 1. The number of nitrogens with one attached hydrogen (secondary N) is 2. The molecule has 132 valence electrons. The molecule has 1 saturated heterocycles. The van der Waals surface area contributed by atoms with Gasteiger partial charge in [0, 0.05) is 19.2 Å². The Morgan fingerprint density at radius 3 is 3.00 bits per heavy atom. The lowest BCUT2D eigenvalue weighted by Crippen LogP contribution is -2.59. The average molecular weight is 351 g/mol. The van der Waals surface area contributed by atoms with Crippen molar-refractivity contribution >= 4 is 17.6 Å². The van der Waals surface area contributed by atoms with Crippen molar-refractivity contribution in [2.24, 2.45) is 0 Å². The first-order valence-corrected chi connectivity index (χ1v) is 7.53. The third kappa shape index (κ3) is 3.73. The predicted octanol–water partition coefficient (Wildman–Crippen LogP) is 1.23. The number of carbonyl (C=O) groups excluding carboxylic acids is 2. The summed E-state index contributed by atoms with van der Waals surface area (Å²) in [6, 6.07) is 1.10. The summed E-state index contributed by atoms with van der Waals surface area (Å²) in [5.41, 5.74) is -0.302. The Kier molecular flexibility index (Phi) is 4.59. The zero-order valence-corrected chi connectivity index (χ0v) is 13.3. The largest absolute Gasteiger partial charge is 0.353 e. The van der Waals surface area contributed by atoms with Crippen LogP contribution in [0.3, 0.4) is 0 Å². The normalized spacial score (nSPS) is 17.3. The highest BCUT2D eigenvalue weighted by atomic mass is 19.1. The van der Waals surface area contributed by atoms with Crippen molar-refractivity contribution in [3.63, 3.8) is 0 Å². The molecule has 1 aromatic carbocycles. The molecule has 3 rings (SSSR count). The summed E-state index contributed by atoms with van der Waals surface area (Å²) in [6.07, 6.45) is 0.0196. The van der Waals surface area contributed by atoms with Gasteiger partial charge < -0.3 is 20.1 Å². The molecule has 3 amide bonds. The quantitative estimate of drug-likeness (QED) is 0.866. The maximum absolute atomic E-state index is 13.7. The van der Waals surface area contributed by atoms with E-state index >= 15 is 0 Å². The van der Waals surface area contributed by atoms with Crippen LogP contribution in [0.5, 0.6) is 0 Å². The van der Waals surface area contributed by atoms with E-state index in [1.54, 1.807) is 6.92 Å². The molecule has 1 fully saturated rings. The van der Waals surface area contributed by atoms with Gasteiger partial charge in [0.1, 0.15) is 17.7 Å². The Balaban J connectivity index is 1.78. The minimum Gasteiger partial charge on any atom is -0.353 e. The van der Waals surface area contributed by atoms with Crippen LogP contribution in [-0.2, 0) is 11.2 Å². The number of rotatable bonds is 3. The lowest BCUT2D eigenvalue weighted by molar-refractivity contribution is -0.127. The predicted molar refractivity (Wildman–Crippen MR) is 81.6 cm³/mol. The first-order valence-electron chi connectivity index (χ1n) is 7.53. The molecule has 1 aromatic heterocycles. The lowest BCUT2D eigenvalue weighted by atomic mass is 10.1. The van der Waals surface area contributed by atoms with Crippen LogP contribution in [0.15, 0.2) is 22.7 Å². The summed E-state index contributed by atoms with van der Waals surface area (Å²) in [5, 5.41) is 8.57. The van der Waals surface area contributed by atoms with Gasteiger partial charge in [-0.05, 0) is 19.1 Å². The van der Waals surface area contributed by atoms with Crippen LogP contribution in [0.25, 0.3) is 0 Å². The van der Waals surface area contributed by atoms with Crippen LogP contribution >= 0.6 is 0 Å². The number of carbonyl (C=O) groups is 2. The van der Waals surface area contributed by atoms with Gasteiger partial charge in [-0.1, -0.05) is 5.16 Å². The Morgan fingerprint density at radius 1 is 1.48 bits per heavy atom. The Labute approximate surface area is 141 Å². The van der Waals surface area contributed by atoms with Gasteiger partial charge >= 0.3 is 6.03 Å². The summed E-state index contributed by atoms with van der Waals surface area (Å²) in [4.78, 5) is 29.8. The molecule has 8 nitrogen and oxygen atoms in total. The molecule has 2 aromatic rings. The topological polar surface area (TPSA) is 100 Å². The summed E-state index contributed by atoms with van der Waals surface area (Å²) in [7, 11) is 0. The molecule has 1 unspecified atom stereocenters. The van der Waals surface area contributed by atoms with E-state index in [0.717, 1.165) is 18.2 Å². The molecular formula is C15H15F2N5O3. The second-order valence-corrected chi connectivity index (χ2v) is 5.49. The molecule has 10 heteroatoms. The van der Waals surface area contributed by atoms with Gasteiger partial charge in [0.25, 0.3) is 0 Å². The number of hydrogen-bond donors (Lipinski definition) is 2. The lowest BCUT2D eigenvalue weighted by Gasteiger charge is -2.34. The second kappa shape index (κ2) is 6.83. The van der Waals surface area contributed by atoms with E-state index in [1.807, 2.05) is 0 Å². The maximum atomic E-state index is 13.7. The number of halogens is 2. The van der Waals surface area contributed by atoms with Crippen LogP contribution in [0.1, 0.15) is 11.7 Å². The van der Waals surface area contributed by atoms with Gasteiger partial charge in [-0.25, -0.2) is 13.6 Å². The fourth-order valence-corrected chi connectivity index (χ4v) is 2.53. The average Bonchev–Trinajstić information content (AvgIpc) is 2.98. The first kappa shape index (κ1) is 16.8. The first-order chi connectivity index (χ1) is 11.9. The summed E-state index contributed by atoms with van der Waals surface area (Å²) in [5.74, 6) is -1.25. The van der Waals surface area contributed by atoms with Crippen molar-refractivity contribution in [3.8, 4) is 0 Å². The molecule has 2 heterocycles. The molecule has 1 aliphatic heterocycles. The zero-order chi connectivity index (χ0) is 18.0. The van der Waals surface area contributed by atoms with Gasteiger partial charge in [-0.2, -0.15) is 4.98 Å². The highest BCUT2D eigenvalue weighted by Gasteiger charge is 2.35. The Bertz CT molecular complexity index is 810. The fourth-order valence-electron chi connectivity index (χ4n) is 2.53. The zero-order valence-electron chi connectivity index (χ0n) is 13.3. The van der Waals surface area contributed by atoms with Gasteiger partial charge in [0.15, 0.2) is 5.82 Å². The number of piperazine rings is 1.